The number of epoxide rings is 1. The SMILES string of the molecule is CCCCCC1OC1C/C=C\C/C=C\C/C=C\CCCC(=O)O[C@H](COC(=O)CCCCCCCCC(C)C)COP(=O)(O)O. The van der Waals surface area contributed by atoms with Gasteiger partial charge in [-0.1, -0.05) is 115 Å². The maximum Gasteiger partial charge on any atom is 0.469 e. The molecule has 2 unspecified atom stereocenters. The Kier molecular flexibility index (Phi) is 24.1. The van der Waals surface area contributed by atoms with Crippen molar-refractivity contribution in [3.8, 4) is 0 Å². The fourth-order valence-corrected chi connectivity index (χ4v) is 5.18. The molecule has 3 atom stereocenters. The second-order valence-corrected chi connectivity index (χ2v) is 13.6. The van der Waals surface area contributed by atoms with Crippen molar-refractivity contribution in [3.05, 3.63) is 36.5 Å². The van der Waals surface area contributed by atoms with Crippen LogP contribution < -0.4 is 0 Å². The average Bonchev–Trinajstić information content (AvgIpc) is 3.73. The third-order valence-corrected chi connectivity index (χ3v) is 8.00. The number of carbonyl (C=O) groups is 2. The van der Waals surface area contributed by atoms with Gasteiger partial charge in [-0.2, -0.15) is 0 Å². The van der Waals surface area contributed by atoms with Crippen LogP contribution in [-0.4, -0.2) is 53.3 Å². The first-order valence-electron chi connectivity index (χ1n) is 17.3. The molecule has 0 aromatic carbocycles. The van der Waals surface area contributed by atoms with Crippen molar-refractivity contribution in [1.29, 1.82) is 0 Å². The quantitative estimate of drug-likeness (QED) is 0.0267. The summed E-state index contributed by atoms with van der Waals surface area (Å²) >= 11 is 0. The molecular formula is C35H61O9P. The fraction of sp³-hybridized carbons (Fsp3) is 0.771. The van der Waals surface area contributed by atoms with Crippen molar-refractivity contribution in [2.45, 2.75) is 155 Å². The van der Waals surface area contributed by atoms with E-state index in [-0.39, 0.29) is 19.4 Å². The molecule has 1 heterocycles. The van der Waals surface area contributed by atoms with Gasteiger partial charge in [0.25, 0.3) is 0 Å². The van der Waals surface area contributed by atoms with E-state index in [4.69, 9.17) is 24.0 Å². The van der Waals surface area contributed by atoms with E-state index in [1.807, 2.05) is 12.2 Å². The Hall–Kier alpha value is -1.77. The monoisotopic (exact) mass is 656 g/mol. The van der Waals surface area contributed by atoms with E-state index < -0.39 is 32.5 Å². The van der Waals surface area contributed by atoms with Crippen LogP contribution in [0, 0.1) is 5.92 Å². The van der Waals surface area contributed by atoms with E-state index in [1.54, 1.807) is 0 Å². The molecule has 0 saturated carbocycles. The molecule has 1 fully saturated rings. The molecule has 0 radical (unpaired) electrons. The molecule has 260 valence electrons. The molecule has 2 N–H and O–H groups in total. The molecule has 45 heavy (non-hydrogen) atoms. The lowest BCUT2D eigenvalue weighted by atomic mass is 10.0. The van der Waals surface area contributed by atoms with Crippen LogP contribution in [0.15, 0.2) is 36.5 Å². The van der Waals surface area contributed by atoms with Gasteiger partial charge in [-0.25, -0.2) is 4.57 Å². The summed E-state index contributed by atoms with van der Waals surface area (Å²) in [4.78, 5) is 42.5. The summed E-state index contributed by atoms with van der Waals surface area (Å²) in [5.41, 5.74) is 0. The van der Waals surface area contributed by atoms with Crippen LogP contribution in [0.2, 0.25) is 0 Å². The van der Waals surface area contributed by atoms with E-state index in [0.29, 0.717) is 31.5 Å². The molecule has 0 bridgehead atoms. The molecule has 1 rings (SSSR count). The Morgan fingerprint density at radius 2 is 1.42 bits per heavy atom. The number of rotatable bonds is 29. The molecule has 0 aromatic rings. The zero-order valence-corrected chi connectivity index (χ0v) is 29.0. The lowest BCUT2D eigenvalue weighted by Gasteiger charge is -2.18. The maximum atomic E-state index is 12.3. The van der Waals surface area contributed by atoms with Gasteiger partial charge in [0.15, 0.2) is 6.10 Å². The van der Waals surface area contributed by atoms with Crippen molar-refractivity contribution >= 4 is 19.8 Å². The normalized spacial score (nSPS) is 17.6. The summed E-state index contributed by atoms with van der Waals surface area (Å²) in [7, 11) is -4.76. The molecule has 1 aliphatic heterocycles. The minimum Gasteiger partial charge on any atom is -0.462 e. The summed E-state index contributed by atoms with van der Waals surface area (Å²) in [6, 6.07) is 0. The van der Waals surface area contributed by atoms with Gasteiger partial charge in [0.2, 0.25) is 0 Å². The van der Waals surface area contributed by atoms with Crippen molar-refractivity contribution in [2.24, 2.45) is 5.92 Å². The number of phosphoric acid groups is 1. The number of phosphoric ester groups is 1. The molecule has 0 spiro atoms. The van der Waals surface area contributed by atoms with Crippen LogP contribution >= 0.6 is 7.82 Å². The number of ether oxygens (including phenoxy) is 3. The number of carbonyl (C=O) groups excluding carboxylic acids is 2. The van der Waals surface area contributed by atoms with Crippen LogP contribution in [0.5, 0.6) is 0 Å². The van der Waals surface area contributed by atoms with Gasteiger partial charge in [0.05, 0.1) is 18.8 Å². The Bertz CT molecular complexity index is 909. The molecule has 0 aromatic heterocycles. The van der Waals surface area contributed by atoms with Crippen LogP contribution in [-0.2, 0) is 32.9 Å². The zero-order valence-electron chi connectivity index (χ0n) is 28.1. The molecule has 1 aliphatic rings. The third-order valence-electron chi connectivity index (χ3n) is 7.51. The van der Waals surface area contributed by atoms with Gasteiger partial charge in [-0.15, -0.1) is 0 Å². The van der Waals surface area contributed by atoms with Crippen LogP contribution in [0.4, 0.5) is 0 Å². The predicted molar refractivity (Wildman–Crippen MR) is 179 cm³/mol. The highest BCUT2D eigenvalue weighted by Crippen LogP contribution is 2.36. The number of hydrogen-bond donors (Lipinski definition) is 2. The second kappa shape index (κ2) is 26.3. The first kappa shape index (κ1) is 41.3. The third kappa shape index (κ3) is 27.1. The van der Waals surface area contributed by atoms with E-state index in [0.717, 1.165) is 44.4 Å². The minimum atomic E-state index is -4.76. The number of hydrogen-bond acceptors (Lipinski definition) is 7. The molecule has 1 saturated heterocycles. The smallest absolute Gasteiger partial charge is 0.462 e. The highest BCUT2D eigenvalue weighted by molar-refractivity contribution is 7.46. The summed E-state index contributed by atoms with van der Waals surface area (Å²) in [6.45, 7) is 5.80. The summed E-state index contributed by atoms with van der Waals surface area (Å²) in [6.07, 6.45) is 29.4. The standard InChI is InChI=1S/C35H61O9P/c1-4-5-18-24-32-33(44-32)25-20-15-10-8-6-7-9-11-17-22-27-35(37)43-31(29-42-45(38,39)40)28-41-34(36)26-21-16-13-12-14-19-23-30(2)3/h6,8-9,11,15,20,30-33H,4-5,7,10,12-14,16-19,21-29H2,1-3H3,(H2,38,39,40)/b8-6-,11-9-,20-15-/t31-,32?,33?/m1/s1. The lowest BCUT2D eigenvalue weighted by molar-refractivity contribution is -0.161. The van der Waals surface area contributed by atoms with Gasteiger partial charge < -0.3 is 24.0 Å². The average molecular weight is 657 g/mol. The molecular weight excluding hydrogens is 595 g/mol. The molecule has 0 amide bonds. The predicted octanol–water partition coefficient (Wildman–Crippen LogP) is 8.68. The summed E-state index contributed by atoms with van der Waals surface area (Å²) < 4.78 is 31.8. The van der Waals surface area contributed by atoms with Crippen molar-refractivity contribution < 1.29 is 42.7 Å². The number of unbranched alkanes of at least 4 members (excludes halogenated alkanes) is 8. The highest BCUT2D eigenvalue weighted by Gasteiger charge is 2.36. The van der Waals surface area contributed by atoms with E-state index in [2.05, 4.69) is 49.6 Å². The first-order chi connectivity index (χ1) is 21.6. The highest BCUT2D eigenvalue weighted by atomic mass is 31.2. The van der Waals surface area contributed by atoms with Crippen molar-refractivity contribution in [1.82, 2.24) is 0 Å². The van der Waals surface area contributed by atoms with Crippen LogP contribution in [0.1, 0.15) is 136 Å². The van der Waals surface area contributed by atoms with Crippen molar-refractivity contribution in [3.63, 3.8) is 0 Å². The fourth-order valence-electron chi connectivity index (χ4n) is 4.82. The topological polar surface area (TPSA) is 132 Å². The van der Waals surface area contributed by atoms with Gasteiger partial charge in [0.1, 0.15) is 6.61 Å². The van der Waals surface area contributed by atoms with Crippen LogP contribution in [0.3, 0.4) is 0 Å². The Labute approximate surface area is 272 Å². The molecule has 9 nitrogen and oxygen atoms in total. The molecule has 0 aliphatic carbocycles. The first-order valence-corrected chi connectivity index (χ1v) is 18.8. The molecule has 10 heteroatoms. The maximum absolute atomic E-state index is 12.3. The Morgan fingerprint density at radius 1 is 0.778 bits per heavy atom. The number of esters is 2. The van der Waals surface area contributed by atoms with E-state index >= 15 is 0 Å². The second-order valence-electron chi connectivity index (χ2n) is 12.4. The summed E-state index contributed by atoms with van der Waals surface area (Å²) in [5, 5.41) is 0. The van der Waals surface area contributed by atoms with Crippen molar-refractivity contribution in [2.75, 3.05) is 13.2 Å². The number of allylic oxidation sites excluding steroid dienone is 5. The van der Waals surface area contributed by atoms with Gasteiger partial charge >= 0.3 is 19.8 Å². The van der Waals surface area contributed by atoms with E-state index in [9.17, 15) is 14.2 Å². The van der Waals surface area contributed by atoms with Gasteiger partial charge in [-0.3, -0.25) is 14.1 Å². The van der Waals surface area contributed by atoms with Crippen LogP contribution in [0.25, 0.3) is 0 Å². The lowest BCUT2D eigenvalue weighted by Crippen LogP contribution is -2.29. The summed E-state index contributed by atoms with van der Waals surface area (Å²) in [5.74, 6) is -0.233. The Balaban J connectivity index is 2.17. The zero-order chi connectivity index (χ0) is 33.2. The van der Waals surface area contributed by atoms with Gasteiger partial charge in [0, 0.05) is 12.8 Å². The largest absolute Gasteiger partial charge is 0.469 e. The minimum absolute atomic E-state index is 0.132. The Morgan fingerprint density at radius 3 is 2.11 bits per heavy atom. The van der Waals surface area contributed by atoms with Gasteiger partial charge in [-0.05, 0) is 50.9 Å². The van der Waals surface area contributed by atoms with E-state index in [1.165, 1.54) is 44.9 Å².